The molecule has 1 atom stereocenters. The minimum Gasteiger partial charge on any atom is -0.437 e. The molecule has 0 saturated heterocycles. The van der Waals surface area contributed by atoms with Gasteiger partial charge in [-0.3, -0.25) is 4.79 Å². The number of carbonyl (C=O) groups excluding carboxylic acids is 1. The Hall–Kier alpha value is -2.40. The molecule has 5 heteroatoms. The van der Waals surface area contributed by atoms with Gasteiger partial charge in [0.15, 0.2) is 0 Å². The first-order chi connectivity index (χ1) is 10.5. The van der Waals surface area contributed by atoms with Gasteiger partial charge in [0.25, 0.3) is 0 Å². The van der Waals surface area contributed by atoms with Gasteiger partial charge in [-0.15, -0.1) is 0 Å². The summed E-state index contributed by atoms with van der Waals surface area (Å²) in [5.74, 6) is 0.671. The van der Waals surface area contributed by atoms with Gasteiger partial charge in [0.05, 0.1) is 0 Å². The van der Waals surface area contributed by atoms with E-state index in [1.54, 1.807) is 25.3 Å². The van der Waals surface area contributed by atoms with Crippen LogP contribution in [-0.4, -0.2) is 17.4 Å². The molecule has 116 valence electrons. The summed E-state index contributed by atoms with van der Waals surface area (Å²) in [4.78, 5) is 16.2. The number of hydrogen-bond acceptors (Lipinski definition) is 4. The van der Waals surface area contributed by atoms with Gasteiger partial charge in [-0.05, 0) is 43.2 Å². The highest BCUT2D eigenvalue weighted by atomic mass is 16.5. The maximum absolute atomic E-state index is 12.0. The molecule has 0 saturated carbocycles. The summed E-state index contributed by atoms with van der Waals surface area (Å²) < 4.78 is 5.88. The van der Waals surface area contributed by atoms with Crippen LogP contribution in [-0.2, 0) is 4.79 Å². The molecule has 0 spiro atoms. The number of nitrogens with zero attached hydrogens (tertiary/aromatic N) is 1. The third-order valence-corrected chi connectivity index (χ3v) is 3.59. The molecule has 0 aliphatic heterocycles. The zero-order valence-electron chi connectivity index (χ0n) is 13.1. The van der Waals surface area contributed by atoms with Crippen LogP contribution in [0.5, 0.6) is 11.6 Å². The van der Waals surface area contributed by atoms with Crippen molar-refractivity contribution >= 4 is 11.6 Å². The van der Waals surface area contributed by atoms with Crippen LogP contribution in [0.15, 0.2) is 36.5 Å². The quantitative estimate of drug-likeness (QED) is 0.889. The maximum atomic E-state index is 12.0. The minimum absolute atomic E-state index is 0.152. The van der Waals surface area contributed by atoms with Gasteiger partial charge in [-0.1, -0.05) is 19.1 Å². The van der Waals surface area contributed by atoms with E-state index in [-0.39, 0.29) is 11.8 Å². The summed E-state index contributed by atoms with van der Waals surface area (Å²) in [5, 5.41) is 2.81. The number of amides is 1. The highest BCUT2D eigenvalue weighted by Gasteiger charge is 2.15. The normalized spacial score (nSPS) is 11.8. The van der Waals surface area contributed by atoms with Crippen LogP contribution < -0.4 is 15.8 Å². The topological polar surface area (TPSA) is 77.2 Å². The number of ether oxygens (including phenoxy) is 1. The van der Waals surface area contributed by atoms with Crippen LogP contribution in [0.2, 0.25) is 0 Å². The van der Waals surface area contributed by atoms with Gasteiger partial charge in [-0.25, -0.2) is 4.98 Å². The number of aryl methyl sites for hydroxylation is 1. The highest BCUT2D eigenvalue weighted by molar-refractivity contribution is 5.93. The van der Waals surface area contributed by atoms with E-state index in [9.17, 15) is 4.79 Å². The van der Waals surface area contributed by atoms with Crippen LogP contribution in [0.25, 0.3) is 0 Å². The maximum Gasteiger partial charge on any atom is 0.243 e. The summed E-state index contributed by atoms with van der Waals surface area (Å²) >= 11 is 0. The van der Waals surface area contributed by atoms with Crippen LogP contribution in [0.4, 0.5) is 5.69 Å². The first-order valence-corrected chi connectivity index (χ1v) is 7.23. The second-order valence-corrected chi connectivity index (χ2v) is 5.28. The monoisotopic (exact) mass is 299 g/mol. The van der Waals surface area contributed by atoms with Crippen molar-refractivity contribution in [3.63, 3.8) is 0 Å². The summed E-state index contributed by atoms with van der Waals surface area (Å²) in [5.41, 5.74) is 8.23. The average Bonchev–Trinajstić information content (AvgIpc) is 2.52. The Labute approximate surface area is 130 Å². The highest BCUT2D eigenvalue weighted by Crippen LogP contribution is 2.30. The number of aromatic nitrogens is 1. The van der Waals surface area contributed by atoms with Crippen molar-refractivity contribution in [1.82, 2.24) is 4.98 Å². The molecule has 1 aromatic heterocycles. The molecule has 0 bridgehead atoms. The molecule has 0 aliphatic carbocycles. The predicted molar refractivity (Wildman–Crippen MR) is 87.1 cm³/mol. The number of benzene rings is 1. The Kier molecular flexibility index (Phi) is 5.12. The molecule has 1 heterocycles. The van der Waals surface area contributed by atoms with E-state index >= 15 is 0 Å². The molecule has 1 unspecified atom stereocenters. The first-order valence-electron chi connectivity index (χ1n) is 7.23. The smallest absolute Gasteiger partial charge is 0.243 e. The van der Waals surface area contributed by atoms with Crippen molar-refractivity contribution in [3.05, 3.63) is 47.7 Å². The van der Waals surface area contributed by atoms with Crippen LogP contribution in [0.1, 0.15) is 18.1 Å². The molecule has 1 amide bonds. The molecule has 2 aromatic rings. The fourth-order valence-electron chi connectivity index (χ4n) is 1.87. The number of hydrogen-bond donors (Lipinski definition) is 2. The molecule has 22 heavy (non-hydrogen) atoms. The summed E-state index contributed by atoms with van der Waals surface area (Å²) in [6.45, 7) is 6.07. The number of nitrogens with two attached hydrogens (primary N) is 1. The molecule has 0 radical (unpaired) electrons. The Bertz CT molecular complexity index is 671. The SMILES string of the molecule is Cc1cccc(Oc2ncccc2NC(=O)C(C)CN)c1C. The van der Waals surface area contributed by atoms with Crippen molar-refractivity contribution in [2.75, 3.05) is 11.9 Å². The zero-order chi connectivity index (χ0) is 16.1. The van der Waals surface area contributed by atoms with Crippen LogP contribution in [0, 0.1) is 19.8 Å². The Balaban J connectivity index is 2.25. The van der Waals surface area contributed by atoms with Crippen molar-refractivity contribution in [2.45, 2.75) is 20.8 Å². The van der Waals surface area contributed by atoms with Gasteiger partial charge in [0.2, 0.25) is 11.8 Å². The molecule has 3 N–H and O–H groups in total. The zero-order valence-corrected chi connectivity index (χ0v) is 13.1. The van der Waals surface area contributed by atoms with Gasteiger partial charge in [0.1, 0.15) is 11.4 Å². The van der Waals surface area contributed by atoms with Gasteiger partial charge in [-0.2, -0.15) is 0 Å². The molecule has 0 aliphatic rings. The van der Waals surface area contributed by atoms with Crippen molar-refractivity contribution < 1.29 is 9.53 Å². The summed E-state index contributed by atoms with van der Waals surface area (Å²) in [6, 6.07) is 9.33. The van der Waals surface area contributed by atoms with Crippen molar-refractivity contribution in [3.8, 4) is 11.6 Å². The Morgan fingerprint density at radius 2 is 2.09 bits per heavy atom. The third kappa shape index (κ3) is 3.62. The summed E-state index contributed by atoms with van der Waals surface area (Å²) in [7, 11) is 0. The lowest BCUT2D eigenvalue weighted by Crippen LogP contribution is -2.26. The van der Waals surface area contributed by atoms with E-state index in [0.717, 1.165) is 16.9 Å². The second kappa shape index (κ2) is 7.04. The predicted octanol–water partition coefficient (Wildman–Crippen LogP) is 3.02. The average molecular weight is 299 g/mol. The van der Waals surface area contributed by atoms with E-state index in [2.05, 4.69) is 10.3 Å². The Morgan fingerprint density at radius 3 is 2.82 bits per heavy atom. The fourth-order valence-corrected chi connectivity index (χ4v) is 1.87. The lowest BCUT2D eigenvalue weighted by molar-refractivity contribution is -0.119. The van der Waals surface area contributed by atoms with Crippen LogP contribution in [0.3, 0.4) is 0 Å². The number of rotatable bonds is 5. The molecular weight excluding hydrogens is 278 g/mol. The number of pyridine rings is 1. The van der Waals surface area contributed by atoms with Crippen molar-refractivity contribution in [1.29, 1.82) is 0 Å². The molecule has 2 rings (SSSR count). The van der Waals surface area contributed by atoms with Gasteiger partial charge >= 0.3 is 0 Å². The Morgan fingerprint density at radius 1 is 1.32 bits per heavy atom. The van der Waals surface area contributed by atoms with E-state index in [1.807, 2.05) is 32.0 Å². The minimum atomic E-state index is -0.270. The largest absolute Gasteiger partial charge is 0.437 e. The van der Waals surface area contributed by atoms with Gasteiger partial charge in [0, 0.05) is 18.7 Å². The first kappa shape index (κ1) is 16.0. The number of carbonyl (C=O) groups is 1. The molecule has 1 aromatic carbocycles. The van der Waals surface area contributed by atoms with E-state index in [0.29, 0.717) is 18.1 Å². The number of nitrogens with one attached hydrogen (secondary N) is 1. The molecular formula is C17H21N3O2. The van der Waals surface area contributed by atoms with E-state index in [1.165, 1.54) is 0 Å². The third-order valence-electron chi connectivity index (χ3n) is 3.59. The molecule has 5 nitrogen and oxygen atoms in total. The van der Waals surface area contributed by atoms with E-state index < -0.39 is 0 Å². The van der Waals surface area contributed by atoms with Crippen molar-refractivity contribution in [2.24, 2.45) is 11.7 Å². The lowest BCUT2D eigenvalue weighted by Gasteiger charge is -2.15. The fraction of sp³-hybridized carbons (Fsp3) is 0.294. The molecule has 0 fully saturated rings. The van der Waals surface area contributed by atoms with Crippen LogP contribution >= 0.6 is 0 Å². The number of anilines is 1. The van der Waals surface area contributed by atoms with E-state index in [4.69, 9.17) is 10.5 Å². The lowest BCUT2D eigenvalue weighted by atomic mass is 10.1. The summed E-state index contributed by atoms with van der Waals surface area (Å²) in [6.07, 6.45) is 1.63. The standard InChI is InChI=1S/C17H21N3O2/c1-11-6-4-8-15(13(11)3)22-17-14(7-5-9-19-17)20-16(21)12(2)10-18/h4-9,12H,10,18H2,1-3H3,(H,20,21). The van der Waals surface area contributed by atoms with Gasteiger partial charge < -0.3 is 15.8 Å². The second-order valence-electron chi connectivity index (χ2n) is 5.28.